The van der Waals surface area contributed by atoms with E-state index in [1.807, 2.05) is 0 Å². The van der Waals surface area contributed by atoms with Crippen LogP contribution in [-0.4, -0.2) is 67.8 Å². The predicted molar refractivity (Wildman–Crippen MR) is 123 cm³/mol. The Kier molecular flexibility index (Phi) is 8.05. The van der Waals surface area contributed by atoms with Gasteiger partial charge in [0.25, 0.3) is 0 Å². The number of amides is 1. The van der Waals surface area contributed by atoms with Gasteiger partial charge in [-0.25, -0.2) is 12.8 Å². The lowest BCUT2D eigenvalue weighted by Crippen LogP contribution is -2.48. The summed E-state index contributed by atoms with van der Waals surface area (Å²) in [5, 5.41) is 2.68. The Bertz CT molecular complexity index is 1080. The molecule has 1 saturated heterocycles. The molecule has 0 bridgehead atoms. The Morgan fingerprint density at radius 3 is 2.28 bits per heavy atom. The number of sulfonamides is 1. The minimum atomic E-state index is -3.58. The van der Waals surface area contributed by atoms with Crippen molar-refractivity contribution >= 4 is 39.2 Å². The van der Waals surface area contributed by atoms with Crippen molar-refractivity contribution in [3.8, 4) is 0 Å². The number of piperazine rings is 1. The van der Waals surface area contributed by atoms with Gasteiger partial charge in [-0.15, -0.1) is 11.8 Å². The van der Waals surface area contributed by atoms with E-state index in [0.717, 1.165) is 24.4 Å². The summed E-state index contributed by atoms with van der Waals surface area (Å²) in [6, 6.07) is 10.2. The minimum absolute atomic E-state index is 0.0297. The average Bonchev–Trinajstić information content (AvgIpc) is 2.78. The third-order valence-corrected chi connectivity index (χ3v) is 8.21. The van der Waals surface area contributed by atoms with Gasteiger partial charge >= 0.3 is 0 Å². The quantitative estimate of drug-likeness (QED) is 0.463. The second-order valence-electron chi connectivity index (χ2n) is 7.40. The highest BCUT2D eigenvalue weighted by Gasteiger charge is 2.27. The number of hydrogen-bond acceptors (Lipinski definition) is 6. The summed E-state index contributed by atoms with van der Waals surface area (Å²) in [5.74, 6) is -1.16. The second-order valence-corrected chi connectivity index (χ2v) is 10.4. The first-order valence-corrected chi connectivity index (χ1v) is 12.7. The maximum absolute atomic E-state index is 14.1. The molecule has 3 rings (SSSR count). The van der Waals surface area contributed by atoms with E-state index in [0.29, 0.717) is 31.9 Å². The van der Waals surface area contributed by atoms with Gasteiger partial charge in [-0.05, 0) is 49.9 Å². The van der Waals surface area contributed by atoms with Crippen LogP contribution in [0, 0.1) is 5.82 Å². The van der Waals surface area contributed by atoms with Crippen molar-refractivity contribution in [2.45, 2.75) is 23.6 Å². The van der Waals surface area contributed by atoms with E-state index in [2.05, 4.69) is 17.1 Å². The molecule has 1 amide bonds. The molecule has 0 unspecified atom stereocenters. The van der Waals surface area contributed by atoms with Crippen molar-refractivity contribution in [3.05, 3.63) is 53.8 Å². The molecular formula is C22H26FN3O4S2. The second kappa shape index (κ2) is 10.6. The molecule has 10 heteroatoms. The number of carbonyl (C=O) groups excluding carboxylic acids is 2. The van der Waals surface area contributed by atoms with Crippen molar-refractivity contribution < 1.29 is 22.4 Å². The van der Waals surface area contributed by atoms with Crippen LogP contribution in [-0.2, 0) is 14.8 Å². The van der Waals surface area contributed by atoms with E-state index in [-0.39, 0.29) is 32.8 Å². The molecule has 1 heterocycles. The maximum atomic E-state index is 14.1. The van der Waals surface area contributed by atoms with Crippen LogP contribution in [0.25, 0.3) is 0 Å². The summed E-state index contributed by atoms with van der Waals surface area (Å²) in [7, 11) is -3.58. The molecule has 0 atom stereocenters. The average molecular weight is 480 g/mol. The summed E-state index contributed by atoms with van der Waals surface area (Å²) in [6.45, 7) is 6.64. The number of nitrogens with zero attached hydrogens (tertiary/aromatic N) is 2. The lowest BCUT2D eigenvalue weighted by Gasteiger charge is -2.33. The number of likely N-dealkylation sites (N-methyl/N-ethyl adjacent to an activating group) is 1. The van der Waals surface area contributed by atoms with Crippen LogP contribution >= 0.6 is 11.8 Å². The van der Waals surface area contributed by atoms with Gasteiger partial charge in [-0.2, -0.15) is 4.31 Å². The Labute approximate surface area is 192 Å². The lowest BCUT2D eigenvalue weighted by molar-refractivity contribution is -0.113. The van der Waals surface area contributed by atoms with Crippen molar-refractivity contribution in [1.82, 2.24) is 9.21 Å². The summed E-state index contributed by atoms with van der Waals surface area (Å²) in [6.07, 6.45) is 0. The molecule has 1 aliphatic rings. The Balaban J connectivity index is 1.56. The number of benzene rings is 2. The molecule has 0 radical (unpaired) electrons. The molecule has 1 fully saturated rings. The molecule has 7 nitrogen and oxygen atoms in total. The summed E-state index contributed by atoms with van der Waals surface area (Å²) < 4.78 is 41.2. The number of ketones is 1. The van der Waals surface area contributed by atoms with Crippen molar-refractivity contribution in [2.75, 3.05) is 43.8 Å². The van der Waals surface area contributed by atoms with Gasteiger partial charge in [-0.1, -0.05) is 13.0 Å². The van der Waals surface area contributed by atoms with E-state index in [9.17, 15) is 22.4 Å². The molecule has 1 N–H and O–H groups in total. The van der Waals surface area contributed by atoms with E-state index in [4.69, 9.17) is 0 Å². The first kappa shape index (κ1) is 24.4. The van der Waals surface area contributed by atoms with Gasteiger partial charge in [0.15, 0.2) is 5.78 Å². The fourth-order valence-corrected chi connectivity index (χ4v) is 5.46. The summed E-state index contributed by atoms with van der Waals surface area (Å²) >= 11 is 1.02. The SMILES string of the molecule is CCN1CCN(S(=O)(=O)c2ccc(NC(=O)CSc3ccc(C(C)=O)cc3F)cc2)CC1. The number of thioether (sulfide) groups is 1. The summed E-state index contributed by atoms with van der Waals surface area (Å²) in [4.78, 5) is 26.2. The fraction of sp³-hybridized carbons (Fsp3) is 0.364. The van der Waals surface area contributed by atoms with Crippen molar-refractivity contribution in [1.29, 1.82) is 0 Å². The Morgan fingerprint density at radius 1 is 1.06 bits per heavy atom. The first-order chi connectivity index (χ1) is 15.2. The van der Waals surface area contributed by atoms with Crippen LogP contribution < -0.4 is 5.32 Å². The molecule has 2 aromatic carbocycles. The molecule has 32 heavy (non-hydrogen) atoms. The van der Waals surface area contributed by atoms with Gasteiger partial charge in [0.05, 0.1) is 10.6 Å². The highest BCUT2D eigenvalue weighted by Crippen LogP contribution is 2.24. The van der Waals surface area contributed by atoms with E-state index in [1.165, 1.54) is 35.5 Å². The van der Waals surface area contributed by atoms with Crippen LogP contribution in [0.2, 0.25) is 0 Å². The number of anilines is 1. The number of Topliss-reactive ketones (excluding diaryl/α,β-unsaturated/α-hetero) is 1. The minimum Gasteiger partial charge on any atom is -0.325 e. The van der Waals surface area contributed by atoms with Crippen LogP contribution in [0.5, 0.6) is 0 Å². The van der Waals surface area contributed by atoms with Crippen LogP contribution in [0.4, 0.5) is 10.1 Å². The number of nitrogens with one attached hydrogen (secondary N) is 1. The van der Waals surface area contributed by atoms with Gasteiger partial charge in [0.1, 0.15) is 5.82 Å². The zero-order valence-electron chi connectivity index (χ0n) is 18.0. The Hall–Kier alpha value is -2.27. The van der Waals surface area contributed by atoms with Crippen molar-refractivity contribution in [2.24, 2.45) is 0 Å². The smallest absolute Gasteiger partial charge is 0.243 e. The van der Waals surface area contributed by atoms with Crippen molar-refractivity contribution in [3.63, 3.8) is 0 Å². The van der Waals surface area contributed by atoms with Gasteiger partial charge in [-0.3, -0.25) is 9.59 Å². The molecule has 0 saturated carbocycles. The maximum Gasteiger partial charge on any atom is 0.243 e. The third kappa shape index (κ3) is 5.94. The standard InChI is InChI=1S/C22H26FN3O4S2/c1-3-25-10-12-26(13-11-25)32(29,30)19-7-5-18(6-8-19)24-22(28)15-31-21-9-4-17(16(2)27)14-20(21)23/h4-9,14H,3,10-13,15H2,1-2H3,(H,24,28). The first-order valence-electron chi connectivity index (χ1n) is 10.3. The van der Waals surface area contributed by atoms with E-state index >= 15 is 0 Å². The Morgan fingerprint density at radius 2 is 1.72 bits per heavy atom. The van der Waals surface area contributed by atoms with Crippen LogP contribution in [0.1, 0.15) is 24.2 Å². The highest BCUT2D eigenvalue weighted by atomic mass is 32.2. The lowest BCUT2D eigenvalue weighted by atomic mass is 10.1. The van der Waals surface area contributed by atoms with E-state index in [1.54, 1.807) is 12.1 Å². The molecular weight excluding hydrogens is 453 g/mol. The van der Waals surface area contributed by atoms with Gasteiger partial charge < -0.3 is 10.2 Å². The van der Waals surface area contributed by atoms with Gasteiger partial charge in [0.2, 0.25) is 15.9 Å². The largest absolute Gasteiger partial charge is 0.325 e. The molecule has 172 valence electrons. The topological polar surface area (TPSA) is 86.8 Å². The molecule has 0 spiro atoms. The third-order valence-electron chi connectivity index (χ3n) is 5.25. The van der Waals surface area contributed by atoms with Crippen LogP contribution in [0.3, 0.4) is 0 Å². The monoisotopic (exact) mass is 479 g/mol. The molecule has 1 aliphatic heterocycles. The normalized spacial score (nSPS) is 15.5. The summed E-state index contributed by atoms with van der Waals surface area (Å²) in [5.41, 5.74) is 0.733. The number of carbonyl (C=O) groups is 2. The fourth-order valence-electron chi connectivity index (χ4n) is 3.32. The number of rotatable bonds is 8. The zero-order valence-corrected chi connectivity index (χ0v) is 19.6. The highest BCUT2D eigenvalue weighted by molar-refractivity contribution is 8.00. The molecule has 2 aromatic rings. The molecule has 0 aliphatic carbocycles. The number of hydrogen-bond donors (Lipinski definition) is 1. The van der Waals surface area contributed by atoms with Gasteiger partial charge in [0, 0.05) is 42.3 Å². The van der Waals surface area contributed by atoms with Crippen LogP contribution in [0.15, 0.2) is 52.3 Å². The van der Waals surface area contributed by atoms with E-state index < -0.39 is 15.8 Å². The number of halogens is 1. The zero-order chi connectivity index (χ0) is 23.3. The predicted octanol–water partition coefficient (Wildman–Crippen LogP) is 3.09. The molecule has 0 aromatic heterocycles.